The Labute approximate surface area is 176 Å². The van der Waals surface area contributed by atoms with Gasteiger partial charge in [0, 0.05) is 37.7 Å². The topological polar surface area (TPSA) is 80.6 Å². The van der Waals surface area contributed by atoms with Gasteiger partial charge in [-0.1, -0.05) is 32.0 Å². The van der Waals surface area contributed by atoms with Crippen LogP contribution in [0.15, 0.2) is 71.8 Å². The number of carbonyl (C=O) groups excluding carboxylic acids is 1. The van der Waals surface area contributed by atoms with E-state index in [1.54, 1.807) is 45.2 Å². The lowest BCUT2D eigenvalue weighted by atomic mass is 10.2. The highest BCUT2D eigenvalue weighted by Gasteiger charge is 2.26. The Morgan fingerprint density at radius 2 is 1.60 bits per heavy atom. The highest BCUT2D eigenvalue weighted by atomic mass is 32.2. The van der Waals surface area contributed by atoms with Crippen LogP contribution in [-0.2, 0) is 17.1 Å². The lowest BCUT2D eigenvalue weighted by Crippen LogP contribution is -2.30. The number of para-hydroxylation sites is 1. The van der Waals surface area contributed by atoms with Crippen LogP contribution in [0.5, 0.6) is 5.75 Å². The normalized spacial score (nSPS) is 11.5. The van der Waals surface area contributed by atoms with E-state index in [4.69, 9.17) is 4.74 Å². The summed E-state index contributed by atoms with van der Waals surface area (Å²) in [5, 5.41) is 3.25. The van der Waals surface area contributed by atoms with Gasteiger partial charge in [-0.15, -0.1) is 0 Å². The molecule has 0 aliphatic rings. The minimum Gasteiger partial charge on any atom is -0.422 e. The maximum atomic E-state index is 12.7. The number of hydrogen-bond acceptors (Lipinski definition) is 5. The van der Waals surface area contributed by atoms with Gasteiger partial charge in [-0.2, -0.15) is 4.31 Å². The van der Waals surface area contributed by atoms with Crippen LogP contribution in [0.25, 0.3) is 0 Å². The number of nitrogens with zero attached hydrogens (tertiary/aromatic N) is 2. The van der Waals surface area contributed by atoms with Gasteiger partial charge >= 0.3 is 5.97 Å². The third-order valence-electron chi connectivity index (χ3n) is 4.66. The second kappa shape index (κ2) is 9.15. The van der Waals surface area contributed by atoms with Gasteiger partial charge in [0.1, 0.15) is 16.3 Å². The van der Waals surface area contributed by atoms with Crippen molar-refractivity contribution in [3.05, 3.63) is 72.6 Å². The van der Waals surface area contributed by atoms with Gasteiger partial charge in [0.25, 0.3) is 0 Å². The summed E-state index contributed by atoms with van der Waals surface area (Å²) in [6.45, 7) is 4.26. The molecular weight excluding hydrogens is 402 g/mol. The van der Waals surface area contributed by atoms with Crippen LogP contribution in [0.4, 0.5) is 11.4 Å². The zero-order chi connectivity index (χ0) is 21.7. The fourth-order valence-electron chi connectivity index (χ4n) is 3.04. The average molecular weight is 428 g/mol. The van der Waals surface area contributed by atoms with Crippen molar-refractivity contribution in [2.75, 3.05) is 18.4 Å². The molecule has 0 fully saturated rings. The molecule has 0 amide bonds. The van der Waals surface area contributed by atoms with E-state index in [9.17, 15) is 13.2 Å². The van der Waals surface area contributed by atoms with E-state index < -0.39 is 16.0 Å². The average Bonchev–Trinajstić information content (AvgIpc) is 3.14. The number of aryl methyl sites for hydroxylation is 1. The van der Waals surface area contributed by atoms with Crippen molar-refractivity contribution in [2.24, 2.45) is 7.05 Å². The van der Waals surface area contributed by atoms with Crippen molar-refractivity contribution in [3.8, 4) is 5.75 Å². The van der Waals surface area contributed by atoms with E-state index in [0.717, 1.165) is 11.4 Å². The third kappa shape index (κ3) is 4.72. The minimum atomic E-state index is -3.65. The summed E-state index contributed by atoms with van der Waals surface area (Å²) in [5.74, 6) is -0.254. The first-order valence-electron chi connectivity index (χ1n) is 9.66. The number of benzene rings is 2. The highest BCUT2D eigenvalue weighted by molar-refractivity contribution is 7.89. The zero-order valence-corrected chi connectivity index (χ0v) is 18.0. The molecule has 0 radical (unpaired) electrons. The molecule has 30 heavy (non-hydrogen) atoms. The van der Waals surface area contributed by atoms with Gasteiger partial charge in [0.15, 0.2) is 0 Å². The van der Waals surface area contributed by atoms with E-state index in [-0.39, 0.29) is 10.6 Å². The van der Waals surface area contributed by atoms with Gasteiger partial charge in [-0.25, -0.2) is 13.2 Å². The summed E-state index contributed by atoms with van der Waals surface area (Å²) in [4.78, 5) is 12.7. The Balaban J connectivity index is 1.73. The van der Waals surface area contributed by atoms with Crippen LogP contribution in [-0.4, -0.2) is 36.3 Å². The molecule has 7 nitrogen and oxygen atoms in total. The summed E-state index contributed by atoms with van der Waals surface area (Å²) in [6.07, 6.45) is 1.43. The summed E-state index contributed by atoms with van der Waals surface area (Å²) in [7, 11) is -2.03. The highest BCUT2D eigenvalue weighted by Crippen LogP contribution is 2.22. The number of carbonyl (C=O) groups is 1. The fraction of sp³-hybridized carbons (Fsp3) is 0.227. The second-order valence-electron chi connectivity index (χ2n) is 6.67. The monoisotopic (exact) mass is 427 g/mol. The molecule has 0 unspecified atom stereocenters. The van der Waals surface area contributed by atoms with E-state index in [2.05, 4.69) is 5.32 Å². The SMILES string of the molecule is CCN(CC)S(=O)(=O)c1cc(C(=O)Oc2ccc(Nc3ccccc3)cc2)n(C)c1. The minimum absolute atomic E-state index is 0.0723. The van der Waals surface area contributed by atoms with Crippen molar-refractivity contribution in [2.45, 2.75) is 18.7 Å². The second-order valence-corrected chi connectivity index (χ2v) is 8.60. The first-order valence-corrected chi connectivity index (χ1v) is 11.1. The van der Waals surface area contributed by atoms with Crippen molar-refractivity contribution in [1.82, 2.24) is 8.87 Å². The Hall–Kier alpha value is -3.10. The molecule has 0 atom stereocenters. The van der Waals surface area contributed by atoms with Gasteiger partial charge in [-0.05, 0) is 42.5 Å². The van der Waals surface area contributed by atoms with Crippen LogP contribution in [0.2, 0.25) is 0 Å². The van der Waals surface area contributed by atoms with E-state index in [1.165, 1.54) is 21.1 Å². The number of aromatic nitrogens is 1. The largest absolute Gasteiger partial charge is 0.422 e. The molecule has 1 aromatic heterocycles. The molecule has 3 rings (SSSR count). The molecule has 0 aliphatic heterocycles. The van der Waals surface area contributed by atoms with Crippen LogP contribution < -0.4 is 10.1 Å². The van der Waals surface area contributed by atoms with Gasteiger partial charge in [-0.3, -0.25) is 0 Å². The molecule has 1 N–H and O–H groups in total. The third-order valence-corrected chi connectivity index (χ3v) is 6.67. The zero-order valence-electron chi connectivity index (χ0n) is 17.2. The van der Waals surface area contributed by atoms with Crippen LogP contribution in [0.3, 0.4) is 0 Å². The summed E-state index contributed by atoms with van der Waals surface area (Å²) >= 11 is 0. The van der Waals surface area contributed by atoms with Crippen LogP contribution >= 0.6 is 0 Å². The number of nitrogens with one attached hydrogen (secondary N) is 1. The van der Waals surface area contributed by atoms with Gasteiger partial charge < -0.3 is 14.6 Å². The van der Waals surface area contributed by atoms with Gasteiger partial charge in [0.05, 0.1) is 0 Å². The van der Waals surface area contributed by atoms with Gasteiger partial charge in [0.2, 0.25) is 10.0 Å². The number of ether oxygens (including phenoxy) is 1. The molecule has 3 aromatic rings. The number of esters is 1. The molecule has 8 heteroatoms. The lowest BCUT2D eigenvalue weighted by Gasteiger charge is -2.17. The molecule has 0 saturated heterocycles. The number of anilines is 2. The summed E-state index contributed by atoms with van der Waals surface area (Å²) in [5.41, 5.74) is 1.97. The molecule has 0 aliphatic carbocycles. The maximum absolute atomic E-state index is 12.7. The molecule has 0 spiro atoms. The van der Waals surface area contributed by atoms with E-state index >= 15 is 0 Å². The van der Waals surface area contributed by atoms with E-state index in [1.807, 2.05) is 30.3 Å². The predicted octanol–water partition coefficient (Wildman–Crippen LogP) is 4.02. The molecular formula is C22H25N3O4S. The van der Waals surface area contributed by atoms with Crippen molar-refractivity contribution >= 4 is 27.4 Å². The first-order chi connectivity index (χ1) is 14.3. The molecule has 2 aromatic carbocycles. The molecule has 1 heterocycles. The summed E-state index contributed by atoms with van der Waals surface area (Å²) < 4.78 is 33.6. The molecule has 0 saturated carbocycles. The van der Waals surface area contributed by atoms with Crippen molar-refractivity contribution in [3.63, 3.8) is 0 Å². The van der Waals surface area contributed by atoms with Crippen molar-refractivity contribution in [1.29, 1.82) is 0 Å². The van der Waals surface area contributed by atoms with Crippen molar-refractivity contribution < 1.29 is 17.9 Å². The lowest BCUT2D eigenvalue weighted by molar-refractivity contribution is 0.0725. The van der Waals surface area contributed by atoms with Crippen LogP contribution in [0, 0.1) is 0 Å². The molecule has 0 bridgehead atoms. The Morgan fingerprint density at radius 1 is 1.00 bits per heavy atom. The number of rotatable bonds is 8. The standard InChI is InChI=1S/C22H25N3O4S/c1-4-25(5-2)30(27,28)20-15-21(24(3)16-20)22(26)29-19-13-11-18(12-14-19)23-17-9-7-6-8-10-17/h6-16,23H,4-5H2,1-3H3. The Morgan fingerprint density at radius 3 is 2.20 bits per heavy atom. The first kappa shape index (κ1) is 21.6. The van der Waals surface area contributed by atoms with E-state index in [0.29, 0.717) is 18.8 Å². The maximum Gasteiger partial charge on any atom is 0.360 e. The predicted molar refractivity (Wildman–Crippen MR) is 117 cm³/mol. The smallest absolute Gasteiger partial charge is 0.360 e. The quantitative estimate of drug-likeness (QED) is 0.434. The van der Waals surface area contributed by atoms with Crippen LogP contribution in [0.1, 0.15) is 24.3 Å². The molecule has 158 valence electrons. The number of hydrogen-bond donors (Lipinski definition) is 1. The summed E-state index contributed by atoms with van der Waals surface area (Å²) in [6, 6.07) is 18.0. The fourth-order valence-corrected chi connectivity index (χ4v) is 4.57. The Kier molecular flexibility index (Phi) is 6.59. The Bertz CT molecular complexity index is 1100. The number of sulfonamides is 1.